The molecule has 0 bridgehead atoms. The van der Waals surface area contributed by atoms with Crippen molar-refractivity contribution in [1.82, 2.24) is 4.90 Å². The van der Waals surface area contributed by atoms with Gasteiger partial charge in [0, 0.05) is 12.2 Å². The second-order valence-electron chi connectivity index (χ2n) is 5.81. The zero-order valence-electron chi connectivity index (χ0n) is 14.8. The molecule has 27 heavy (non-hydrogen) atoms. The van der Waals surface area contributed by atoms with Gasteiger partial charge < -0.3 is 15.5 Å². The van der Waals surface area contributed by atoms with Crippen molar-refractivity contribution in [2.24, 2.45) is 0 Å². The SMILES string of the molecule is CCCN(CC(=O)Nc1ccc(F)c(F)c1F)C(=O)CNc1ccccc1. The molecule has 2 aromatic rings. The normalized spacial score (nSPS) is 10.4. The van der Waals surface area contributed by atoms with E-state index in [1.807, 2.05) is 25.1 Å². The Balaban J connectivity index is 1.97. The van der Waals surface area contributed by atoms with E-state index in [9.17, 15) is 22.8 Å². The van der Waals surface area contributed by atoms with Crippen LogP contribution >= 0.6 is 0 Å². The predicted molar refractivity (Wildman–Crippen MR) is 96.7 cm³/mol. The molecule has 0 aromatic heterocycles. The van der Waals surface area contributed by atoms with E-state index in [1.54, 1.807) is 12.1 Å². The van der Waals surface area contributed by atoms with Crippen molar-refractivity contribution in [3.05, 3.63) is 59.9 Å². The van der Waals surface area contributed by atoms with Crippen molar-refractivity contribution < 1.29 is 22.8 Å². The van der Waals surface area contributed by atoms with Crippen LogP contribution in [-0.2, 0) is 9.59 Å². The van der Waals surface area contributed by atoms with Gasteiger partial charge in [-0.25, -0.2) is 13.2 Å². The number of carbonyl (C=O) groups is 2. The fraction of sp³-hybridized carbons (Fsp3) is 0.263. The first kappa shape index (κ1) is 20.3. The summed E-state index contributed by atoms with van der Waals surface area (Å²) in [5, 5.41) is 5.12. The summed E-state index contributed by atoms with van der Waals surface area (Å²) in [6.45, 7) is 1.82. The highest BCUT2D eigenvalue weighted by Gasteiger charge is 2.19. The summed E-state index contributed by atoms with van der Waals surface area (Å²) in [6.07, 6.45) is 0.615. The van der Waals surface area contributed by atoms with Crippen LogP contribution in [0.4, 0.5) is 24.5 Å². The van der Waals surface area contributed by atoms with Crippen LogP contribution in [0.2, 0.25) is 0 Å². The molecule has 0 heterocycles. The molecule has 2 amide bonds. The van der Waals surface area contributed by atoms with Crippen LogP contribution in [0.1, 0.15) is 13.3 Å². The van der Waals surface area contributed by atoms with E-state index in [0.29, 0.717) is 19.0 Å². The molecule has 0 fully saturated rings. The second kappa shape index (κ2) is 9.61. The predicted octanol–water partition coefficient (Wildman–Crippen LogP) is 3.39. The summed E-state index contributed by atoms with van der Waals surface area (Å²) in [6, 6.07) is 10.7. The third-order valence-electron chi connectivity index (χ3n) is 3.71. The van der Waals surface area contributed by atoms with Gasteiger partial charge in [-0.1, -0.05) is 25.1 Å². The molecule has 0 aliphatic rings. The highest BCUT2D eigenvalue weighted by atomic mass is 19.2. The first-order valence-electron chi connectivity index (χ1n) is 8.42. The van der Waals surface area contributed by atoms with E-state index in [2.05, 4.69) is 10.6 Å². The molecule has 0 unspecified atom stereocenters. The third-order valence-corrected chi connectivity index (χ3v) is 3.71. The summed E-state index contributed by atoms with van der Waals surface area (Å²) >= 11 is 0. The molecule has 5 nitrogen and oxygen atoms in total. The number of anilines is 2. The van der Waals surface area contributed by atoms with Gasteiger partial charge in [0.25, 0.3) is 0 Å². The van der Waals surface area contributed by atoms with Gasteiger partial charge in [-0.15, -0.1) is 0 Å². The van der Waals surface area contributed by atoms with Crippen LogP contribution in [0, 0.1) is 17.5 Å². The van der Waals surface area contributed by atoms with Crippen LogP contribution in [-0.4, -0.2) is 36.3 Å². The summed E-state index contributed by atoms with van der Waals surface area (Å²) in [5.41, 5.74) is 0.279. The number of nitrogens with one attached hydrogen (secondary N) is 2. The van der Waals surface area contributed by atoms with E-state index in [1.165, 1.54) is 4.90 Å². The van der Waals surface area contributed by atoms with Crippen LogP contribution in [0.25, 0.3) is 0 Å². The first-order valence-corrected chi connectivity index (χ1v) is 8.42. The molecule has 0 atom stereocenters. The Morgan fingerprint density at radius 3 is 2.37 bits per heavy atom. The van der Waals surface area contributed by atoms with Crippen LogP contribution in [0.5, 0.6) is 0 Å². The maximum Gasteiger partial charge on any atom is 0.244 e. The van der Waals surface area contributed by atoms with E-state index >= 15 is 0 Å². The van der Waals surface area contributed by atoms with Crippen LogP contribution in [0.15, 0.2) is 42.5 Å². The van der Waals surface area contributed by atoms with E-state index < -0.39 is 29.0 Å². The number of para-hydroxylation sites is 1. The van der Waals surface area contributed by atoms with Gasteiger partial charge in [-0.05, 0) is 30.7 Å². The average Bonchev–Trinajstić information content (AvgIpc) is 2.67. The van der Waals surface area contributed by atoms with E-state index in [-0.39, 0.29) is 19.0 Å². The molecule has 144 valence electrons. The largest absolute Gasteiger partial charge is 0.376 e. The zero-order chi connectivity index (χ0) is 19.8. The maximum atomic E-state index is 13.7. The topological polar surface area (TPSA) is 61.4 Å². The Kier molecular flexibility index (Phi) is 7.22. The second-order valence-corrected chi connectivity index (χ2v) is 5.81. The lowest BCUT2D eigenvalue weighted by atomic mass is 10.2. The van der Waals surface area contributed by atoms with Gasteiger partial charge in [-0.3, -0.25) is 9.59 Å². The summed E-state index contributed by atoms with van der Waals surface area (Å²) in [7, 11) is 0. The molecular weight excluding hydrogens is 359 g/mol. The number of hydrogen-bond donors (Lipinski definition) is 2. The molecule has 0 spiro atoms. The maximum absolute atomic E-state index is 13.7. The van der Waals surface area contributed by atoms with Crippen molar-refractivity contribution in [3.8, 4) is 0 Å². The van der Waals surface area contributed by atoms with Crippen LogP contribution < -0.4 is 10.6 Å². The minimum Gasteiger partial charge on any atom is -0.376 e. The average molecular weight is 379 g/mol. The summed E-state index contributed by atoms with van der Waals surface area (Å²) in [5.74, 6) is -5.52. The van der Waals surface area contributed by atoms with Gasteiger partial charge in [0.15, 0.2) is 17.5 Å². The number of benzene rings is 2. The van der Waals surface area contributed by atoms with Gasteiger partial charge in [0.1, 0.15) is 0 Å². The molecule has 0 radical (unpaired) electrons. The Morgan fingerprint density at radius 1 is 1.00 bits per heavy atom. The van der Waals surface area contributed by atoms with Crippen molar-refractivity contribution in [3.63, 3.8) is 0 Å². The highest BCUT2D eigenvalue weighted by Crippen LogP contribution is 2.19. The number of carbonyl (C=O) groups excluding carboxylic acids is 2. The first-order chi connectivity index (χ1) is 12.9. The van der Waals surface area contributed by atoms with Crippen molar-refractivity contribution in [1.29, 1.82) is 0 Å². The van der Waals surface area contributed by atoms with E-state index in [4.69, 9.17) is 0 Å². The molecule has 2 aromatic carbocycles. The lowest BCUT2D eigenvalue weighted by Gasteiger charge is -2.22. The smallest absolute Gasteiger partial charge is 0.244 e. The van der Waals surface area contributed by atoms with Gasteiger partial charge in [0.2, 0.25) is 11.8 Å². The fourth-order valence-corrected chi connectivity index (χ4v) is 2.39. The van der Waals surface area contributed by atoms with Gasteiger partial charge in [-0.2, -0.15) is 0 Å². The third kappa shape index (κ3) is 5.73. The zero-order valence-corrected chi connectivity index (χ0v) is 14.8. The Hall–Kier alpha value is -3.03. The lowest BCUT2D eigenvalue weighted by molar-refractivity contribution is -0.133. The minimum atomic E-state index is -1.67. The van der Waals surface area contributed by atoms with Crippen LogP contribution in [0.3, 0.4) is 0 Å². The number of amides is 2. The van der Waals surface area contributed by atoms with Crippen molar-refractivity contribution >= 4 is 23.2 Å². The molecule has 2 rings (SSSR count). The highest BCUT2D eigenvalue weighted by molar-refractivity contribution is 5.95. The summed E-state index contributed by atoms with van der Waals surface area (Å²) < 4.78 is 39.8. The molecule has 0 saturated carbocycles. The molecule has 8 heteroatoms. The monoisotopic (exact) mass is 379 g/mol. The molecule has 0 saturated heterocycles. The van der Waals surface area contributed by atoms with Crippen molar-refractivity contribution in [2.75, 3.05) is 30.3 Å². The van der Waals surface area contributed by atoms with Gasteiger partial charge >= 0.3 is 0 Å². The van der Waals surface area contributed by atoms with Crippen molar-refractivity contribution in [2.45, 2.75) is 13.3 Å². The van der Waals surface area contributed by atoms with Gasteiger partial charge in [0.05, 0.1) is 18.8 Å². The number of halogens is 3. The number of hydrogen-bond acceptors (Lipinski definition) is 3. The Morgan fingerprint density at radius 2 is 1.70 bits per heavy atom. The number of rotatable bonds is 8. The molecular formula is C19H20F3N3O2. The fourth-order valence-electron chi connectivity index (χ4n) is 2.39. The standard InChI is InChI=1S/C19H20F3N3O2/c1-2-10-25(17(27)11-23-13-6-4-3-5-7-13)12-16(26)24-15-9-8-14(20)18(21)19(15)22/h3-9,23H,2,10-12H2,1H3,(H,24,26). The number of nitrogens with zero attached hydrogens (tertiary/aromatic N) is 1. The summed E-state index contributed by atoms with van der Waals surface area (Å²) in [4.78, 5) is 25.8. The molecule has 2 N–H and O–H groups in total. The lowest BCUT2D eigenvalue weighted by Crippen LogP contribution is -2.41. The quantitative estimate of drug-likeness (QED) is 0.691. The molecule has 0 aliphatic carbocycles. The van der Waals surface area contributed by atoms with E-state index in [0.717, 1.165) is 11.8 Å². The Labute approximate surface area is 155 Å². The minimum absolute atomic E-state index is 0.0170. The molecule has 0 aliphatic heterocycles. The Bertz CT molecular complexity index is 800.